The SMILES string of the molecule is COC(=O)C1CCC(=S)N1Cc1ccccc1.COC(=O)C1CCC(SC)=[N+]1Cc1ccccc1.[I-]. The summed E-state index contributed by atoms with van der Waals surface area (Å²) >= 11 is 7.03. The molecule has 1 fully saturated rings. The van der Waals surface area contributed by atoms with Crippen LogP contribution in [0.3, 0.4) is 0 Å². The number of carbonyl (C=O) groups excluding carboxylic acids is 2. The molecule has 2 heterocycles. The van der Waals surface area contributed by atoms with Crippen LogP contribution in [0.15, 0.2) is 60.7 Å². The van der Waals surface area contributed by atoms with E-state index in [4.69, 9.17) is 21.7 Å². The zero-order chi connectivity index (χ0) is 25.2. The van der Waals surface area contributed by atoms with Gasteiger partial charge in [0.2, 0.25) is 5.04 Å². The van der Waals surface area contributed by atoms with Crippen LogP contribution in [-0.2, 0) is 32.2 Å². The highest BCUT2D eigenvalue weighted by Crippen LogP contribution is 2.24. The number of esters is 2. The maximum atomic E-state index is 11.8. The molecule has 9 heteroatoms. The van der Waals surface area contributed by atoms with E-state index in [1.54, 1.807) is 11.8 Å². The van der Waals surface area contributed by atoms with Gasteiger partial charge >= 0.3 is 11.9 Å². The molecule has 2 aromatic rings. The van der Waals surface area contributed by atoms with Crippen LogP contribution in [0, 0.1) is 0 Å². The second-order valence-electron chi connectivity index (χ2n) is 8.37. The van der Waals surface area contributed by atoms with Gasteiger partial charge in [-0.15, -0.1) is 0 Å². The molecular formula is C27H33IN2O4S2. The predicted octanol–water partition coefficient (Wildman–Crippen LogP) is 1.45. The van der Waals surface area contributed by atoms with Crippen LogP contribution < -0.4 is 24.0 Å². The Kier molecular flexibility index (Phi) is 12.9. The lowest BCUT2D eigenvalue weighted by Gasteiger charge is -2.24. The monoisotopic (exact) mass is 640 g/mol. The fourth-order valence-electron chi connectivity index (χ4n) is 4.41. The van der Waals surface area contributed by atoms with Crippen LogP contribution in [0.4, 0.5) is 0 Å². The van der Waals surface area contributed by atoms with Crippen molar-refractivity contribution in [1.29, 1.82) is 0 Å². The molecule has 0 amide bonds. The van der Waals surface area contributed by atoms with Crippen molar-refractivity contribution in [2.75, 3.05) is 20.5 Å². The zero-order valence-electron chi connectivity index (χ0n) is 20.9. The highest BCUT2D eigenvalue weighted by atomic mass is 127. The minimum absolute atomic E-state index is 0. The quantitative estimate of drug-likeness (QED) is 0.205. The molecule has 0 aliphatic carbocycles. The first-order chi connectivity index (χ1) is 17.0. The van der Waals surface area contributed by atoms with E-state index in [1.807, 2.05) is 53.4 Å². The molecule has 2 atom stereocenters. The summed E-state index contributed by atoms with van der Waals surface area (Å²) in [6.07, 6.45) is 5.44. The van der Waals surface area contributed by atoms with E-state index in [1.165, 1.54) is 24.8 Å². The van der Waals surface area contributed by atoms with Gasteiger partial charge in [-0.2, -0.15) is 0 Å². The lowest BCUT2D eigenvalue weighted by Crippen LogP contribution is -3.00. The third kappa shape index (κ3) is 8.01. The molecule has 2 aliphatic rings. The number of likely N-dealkylation sites (tertiary alicyclic amines) is 1. The third-order valence-corrected chi connectivity index (χ3v) is 7.58. The largest absolute Gasteiger partial charge is 1.00 e. The normalized spacial score (nSPS) is 18.8. The second-order valence-corrected chi connectivity index (χ2v) is 9.72. The van der Waals surface area contributed by atoms with Crippen LogP contribution in [0.5, 0.6) is 0 Å². The van der Waals surface area contributed by atoms with Crippen molar-refractivity contribution in [3.8, 4) is 0 Å². The molecule has 6 nitrogen and oxygen atoms in total. The summed E-state index contributed by atoms with van der Waals surface area (Å²) in [5.41, 5.74) is 2.38. The molecule has 4 rings (SSSR count). The van der Waals surface area contributed by atoms with Crippen LogP contribution in [-0.4, -0.2) is 64.0 Å². The topological polar surface area (TPSA) is 58.8 Å². The van der Waals surface area contributed by atoms with E-state index in [9.17, 15) is 9.59 Å². The maximum Gasteiger partial charge on any atom is 0.375 e. The molecule has 0 radical (unpaired) electrons. The number of rotatable bonds is 6. The van der Waals surface area contributed by atoms with Gasteiger partial charge in [0.1, 0.15) is 6.04 Å². The Hall–Kier alpha value is -1.98. The third-order valence-electron chi connectivity index (χ3n) is 6.23. The van der Waals surface area contributed by atoms with Gasteiger partial charge in [0.15, 0.2) is 6.54 Å². The van der Waals surface area contributed by atoms with E-state index in [0.29, 0.717) is 6.54 Å². The molecule has 0 N–H and O–H groups in total. The number of benzene rings is 2. The highest BCUT2D eigenvalue weighted by molar-refractivity contribution is 8.13. The predicted molar refractivity (Wildman–Crippen MR) is 144 cm³/mol. The van der Waals surface area contributed by atoms with Gasteiger partial charge < -0.3 is 38.4 Å². The highest BCUT2D eigenvalue weighted by Gasteiger charge is 2.39. The van der Waals surface area contributed by atoms with Gasteiger partial charge in [-0.3, -0.25) is 0 Å². The summed E-state index contributed by atoms with van der Waals surface area (Å²) in [5.74, 6) is -0.323. The summed E-state index contributed by atoms with van der Waals surface area (Å²) in [6.45, 7) is 1.45. The molecule has 0 saturated carbocycles. The van der Waals surface area contributed by atoms with E-state index in [2.05, 4.69) is 23.0 Å². The number of methoxy groups -OCH3 is 2. The van der Waals surface area contributed by atoms with Gasteiger partial charge in [-0.05, 0) is 18.2 Å². The van der Waals surface area contributed by atoms with Crippen LogP contribution >= 0.6 is 24.0 Å². The number of thioether (sulfide) groups is 1. The fourth-order valence-corrected chi connectivity index (χ4v) is 5.46. The number of hydrogen-bond acceptors (Lipinski definition) is 6. The van der Waals surface area contributed by atoms with Crippen LogP contribution in [0.25, 0.3) is 0 Å². The fraction of sp³-hybridized carbons (Fsp3) is 0.407. The molecule has 2 unspecified atom stereocenters. The van der Waals surface area contributed by atoms with Crippen molar-refractivity contribution < 1.29 is 47.6 Å². The van der Waals surface area contributed by atoms with E-state index in [0.717, 1.165) is 42.8 Å². The number of nitrogens with zero attached hydrogens (tertiary/aromatic N) is 2. The van der Waals surface area contributed by atoms with E-state index >= 15 is 0 Å². The Morgan fingerprint density at radius 1 is 0.944 bits per heavy atom. The molecule has 0 aromatic heterocycles. The molecule has 1 saturated heterocycles. The molecular weight excluding hydrogens is 607 g/mol. The van der Waals surface area contributed by atoms with Crippen molar-refractivity contribution in [3.63, 3.8) is 0 Å². The first-order valence-corrected chi connectivity index (χ1v) is 13.3. The van der Waals surface area contributed by atoms with Crippen molar-refractivity contribution in [3.05, 3.63) is 71.8 Å². The van der Waals surface area contributed by atoms with Crippen molar-refractivity contribution in [2.24, 2.45) is 0 Å². The van der Waals surface area contributed by atoms with Gasteiger partial charge in [-0.1, -0.05) is 84.6 Å². The van der Waals surface area contributed by atoms with E-state index in [-0.39, 0.29) is 48.0 Å². The number of ether oxygens (including phenoxy) is 2. The van der Waals surface area contributed by atoms with Crippen molar-refractivity contribution >= 4 is 46.0 Å². The molecule has 36 heavy (non-hydrogen) atoms. The Balaban J connectivity index is 0.000000247. The minimum Gasteiger partial charge on any atom is -1.00 e. The summed E-state index contributed by atoms with van der Waals surface area (Å²) < 4.78 is 11.9. The molecule has 2 aliphatic heterocycles. The smallest absolute Gasteiger partial charge is 0.375 e. The van der Waals surface area contributed by atoms with Crippen LogP contribution in [0.1, 0.15) is 36.8 Å². The van der Waals surface area contributed by atoms with Gasteiger partial charge in [-0.25, -0.2) is 14.2 Å². The summed E-state index contributed by atoms with van der Waals surface area (Å²) in [7, 11) is 2.88. The summed E-state index contributed by atoms with van der Waals surface area (Å²) in [5, 5.41) is 1.27. The zero-order valence-corrected chi connectivity index (χ0v) is 24.7. The number of halogens is 1. The average molecular weight is 641 g/mol. The van der Waals surface area contributed by atoms with Crippen LogP contribution in [0.2, 0.25) is 0 Å². The summed E-state index contributed by atoms with van der Waals surface area (Å²) in [6, 6.07) is 19.9. The number of carbonyl (C=O) groups is 2. The number of hydrogen-bond donors (Lipinski definition) is 0. The lowest BCUT2D eigenvalue weighted by atomic mass is 10.2. The van der Waals surface area contributed by atoms with Crippen molar-refractivity contribution in [2.45, 2.75) is 50.9 Å². The minimum atomic E-state index is -0.215. The van der Waals surface area contributed by atoms with Crippen molar-refractivity contribution in [1.82, 2.24) is 4.90 Å². The van der Waals surface area contributed by atoms with Gasteiger partial charge in [0.25, 0.3) is 6.04 Å². The first kappa shape index (κ1) is 30.2. The summed E-state index contributed by atoms with van der Waals surface area (Å²) in [4.78, 5) is 26.2. The van der Waals surface area contributed by atoms with E-state index < -0.39 is 0 Å². The Labute approximate surface area is 240 Å². The molecule has 2 aromatic carbocycles. The Morgan fingerprint density at radius 2 is 1.53 bits per heavy atom. The molecule has 0 bridgehead atoms. The molecule has 0 spiro atoms. The lowest BCUT2D eigenvalue weighted by molar-refractivity contribution is -0.560. The van der Waals surface area contributed by atoms with Gasteiger partial charge in [0, 0.05) is 31.4 Å². The number of thiocarbonyl (C=S) groups is 1. The second kappa shape index (κ2) is 15.3. The van der Waals surface area contributed by atoms with Gasteiger partial charge in [0.05, 0.1) is 19.2 Å². The first-order valence-electron chi connectivity index (χ1n) is 11.7. The average Bonchev–Trinajstić information content (AvgIpc) is 3.47. The Morgan fingerprint density at radius 3 is 2.08 bits per heavy atom. The molecule has 194 valence electrons. The maximum absolute atomic E-state index is 11.8. The standard InChI is InChI=1S/C14H18NO2S.C13H15NO2S.HI/c1-17-14(16)12-8-9-13(18-2)15(12)10-11-6-4-3-5-7-11;1-16-13(15)11-7-8-12(17)14(11)9-10-5-3-2-4-6-10;/h3-7,12H,8-10H2,1-2H3;2-6,11H,7-9H2,1H3;1H/q+1;;/p-1. The Bertz CT molecular complexity index is 1050.